The molecular weight excluding hydrogens is 425 g/mol. The maximum absolute atomic E-state index is 12.4. The zero-order valence-electron chi connectivity index (χ0n) is 16.1. The molecule has 1 heterocycles. The first-order valence-electron chi connectivity index (χ1n) is 9.01. The van der Waals surface area contributed by atoms with E-state index < -0.39 is 57.2 Å². The normalized spacial score (nSPS) is 29.7. The number of hydrogen-bond donors (Lipinski definition) is 5. The van der Waals surface area contributed by atoms with Crippen LogP contribution in [0.3, 0.4) is 0 Å². The van der Waals surface area contributed by atoms with Crippen molar-refractivity contribution in [3.8, 4) is 0 Å². The van der Waals surface area contributed by atoms with E-state index in [2.05, 4.69) is 4.52 Å². The topological polar surface area (TPSA) is 187 Å². The minimum absolute atomic E-state index is 0.0800. The number of rotatable bonds is 10. The van der Waals surface area contributed by atoms with Gasteiger partial charge < -0.3 is 40.2 Å². The van der Waals surface area contributed by atoms with Gasteiger partial charge >= 0.3 is 13.8 Å². The number of ether oxygens (including phenoxy) is 3. The van der Waals surface area contributed by atoms with Crippen molar-refractivity contribution in [2.24, 2.45) is 5.73 Å². The Hall–Kier alpha value is -1.44. The van der Waals surface area contributed by atoms with Crippen molar-refractivity contribution in [2.75, 3.05) is 26.9 Å². The van der Waals surface area contributed by atoms with Crippen LogP contribution in [-0.2, 0) is 27.8 Å². The fraction of sp³-hybridized carbons (Fsp3) is 0.588. The lowest BCUT2D eigenvalue weighted by atomic mass is 9.95. The second-order valence-corrected chi connectivity index (χ2v) is 7.75. The lowest BCUT2D eigenvalue weighted by Gasteiger charge is -2.44. The number of methoxy groups -OCH3 is 1. The predicted molar refractivity (Wildman–Crippen MR) is 100 cm³/mol. The van der Waals surface area contributed by atoms with E-state index in [1.807, 2.05) is 0 Å². The minimum Gasteiger partial charge on any atom is -0.450 e. The van der Waals surface area contributed by atoms with Gasteiger partial charge in [0.2, 0.25) is 0 Å². The summed E-state index contributed by atoms with van der Waals surface area (Å²) in [5.41, 5.74) is 5.40. The maximum atomic E-state index is 12.4. The Morgan fingerprint density at radius 2 is 1.97 bits per heavy atom. The molecule has 170 valence electrons. The van der Waals surface area contributed by atoms with E-state index in [9.17, 15) is 29.6 Å². The Balaban J connectivity index is 2.27. The monoisotopic (exact) mass is 451 g/mol. The molecule has 13 heteroatoms. The third-order valence-electron chi connectivity index (χ3n) is 4.23. The van der Waals surface area contributed by atoms with Crippen LogP contribution in [0.4, 0.5) is 0 Å². The Kier molecular flexibility index (Phi) is 9.31. The van der Waals surface area contributed by atoms with Crippen molar-refractivity contribution in [3.63, 3.8) is 0 Å². The third-order valence-corrected chi connectivity index (χ3v) is 5.25. The highest BCUT2D eigenvalue weighted by Gasteiger charge is 2.52. The number of phosphoric acid groups is 1. The van der Waals surface area contributed by atoms with Gasteiger partial charge in [-0.15, -0.1) is 0 Å². The van der Waals surface area contributed by atoms with Gasteiger partial charge in [0.1, 0.15) is 24.4 Å². The molecule has 2 rings (SSSR count). The molecule has 0 aliphatic carbocycles. The smallest absolute Gasteiger partial charge is 0.450 e. The standard InChI is InChI=1S/C17H26NO11P/c1-25-17-15(27-16(22)10-5-3-2-4-6-10)12(21)14(13(28-17)11(20)9-19)29-30(23,24)26-8-7-18/h2-6,11-15,17,19-21H,7-9,18H2,1H3,(H,23,24)/t11-,12-,13+,14-,15-,17-/m0/s1. The molecule has 30 heavy (non-hydrogen) atoms. The van der Waals surface area contributed by atoms with Gasteiger partial charge in [0.15, 0.2) is 12.4 Å². The van der Waals surface area contributed by atoms with Crippen LogP contribution in [0, 0.1) is 0 Å². The maximum Gasteiger partial charge on any atom is 0.472 e. The summed E-state index contributed by atoms with van der Waals surface area (Å²) in [6.45, 7) is -1.22. The van der Waals surface area contributed by atoms with Crippen LogP contribution in [-0.4, -0.2) is 89.9 Å². The second kappa shape index (κ2) is 11.3. The van der Waals surface area contributed by atoms with Crippen molar-refractivity contribution < 1.29 is 52.8 Å². The number of nitrogens with two attached hydrogens (primary N) is 1. The van der Waals surface area contributed by atoms with Gasteiger partial charge in [-0.2, -0.15) is 0 Å². The van der Waals surface area contributed by atoms with Gasteiger partial charge in [-0.1, -0.05) is 18.2 Å². The van der Waals surface area contributed by atoms with Crippen LogP contribution in [0.5, 0.6) is 0 Å². The number of aliphatic hydroxyl groups excluding tert-OH is 3. The number of carbonyl (C=O) groups excluding carboxylic acids is 1. The Morgan fingerprint density at radius 3 is 2.53 bits per heavy atom. The van der Waals surface area contributed by atoms with E-state index in [4.69, 9.17) is 24.5 Å². The molecule has 7 atom stereocenters. The molecule has 0 saturated carbocycles. The van der Waals surface area contributed by atoms with E-state index in [1.165, 1.54) is 19.2 Å². The molecule has 0 bridgehead atoms. The quantitative estimate of drug-likeness (QED) is 0.211. The summed E-state index contributed by atoms with van der Waals surface area (Å²) in [6, 6.07) is 7.87. The summed E-state index contributed by atoms with van der Waals surface area (Å²) in [5, 5.41) is 30.1. The molecule has 6 N–H and O–H groups in total. The van der Waals surface area contributed by atoms with Crippen LogP contribution in [0.25, 0.3) is 0 Å². The molecule has 1 aliphatic rings. The second-order valence-electron chi connectivity index (χ2n) is 6.34. The molecule has 1 aromatic carbocycles. The molecule has 0 spiro atoms. The fourth-order valence-corrected chi connectivity index (χ4v) is 3.77. The molecule has 1 unspecified atom stereocenters. The Morgan fingerprint density at radius 1 is 1.30 bits per heavy atom. The number of aliphatic hydroxyl groups is 3. The number of carbonyl (C=O) groups is 1. The SMILES string of the molecule is CO[C@H]1O[C@H]([C@@H](O)CO)[C@@H](OP(=O)(O)OCCN)[C@H](O)[C@@H]1OC(=O)c1ccccc1. The van der Waals surface area contributed by atoms with Crippen molar-refractivity contribution in [1.82, 2.24) is 0 Å². The Labute approximate surface area is 172 Å². The average molecular weight is 451 g/mol. The van der Waals surface area contributed by atoms with E-state index >= 15 is 0 Å². The first-order chi connectivity index (χ1) is 14.2. The molecule has 0 amide bonds. The van der Waals surface area contributed by atoms with Gasteiger partial charge in [-0.25, -0.2) is 9.36 Å². The van der Waals surface area contributed by atoms with Crippen LogP contribution in [0.2, 0.25) is 0 Å². The fourth-order valence-electron chi connectivity index (χ4n) is 2.82. The van der Waals surface area contributed by atoms with Gasteiger partial charge in [-0.3, -0.25) is 9.05 Å². The summed E-state index contributed by atoms with van der Waals surface area (Å²) < 4.78 is 37.6. The van der Waals surface area contributed by atoms with Crippen LogP contribution >= 0.6 is 7.82 Å². The number of hydrogen-bond acceptors (Lipinski definition) is 11. The average Bonchev–Trinajstić information content (AvgIpc) is 2.75. The van der Waals surface area contributed by atoms with Gasteiger partial charge in [0.05, 0.1) is 18.8 Å². The Bertz CT molecular complexity index is 721. The lowest BCUT2D eigenvalue weighted by Crippen LogP contribution is -2.63. The zero-order chi connectivity index (χ0) is 22.3. The van der Waals surface area contributed by atoms with Crippen molar-refractivity contribution >= 4 is 13.8 Å². The van der Waals surface area contributed by atoms with Gasteiger partial charge in [0.25, 0.3) is 0 Å². The van der Waals surface area contributed by atoms with Gasteiger partial charge in [0, 0.05) is 13.7 Å². The van der Waals surface area contributed by atoms with E-state index in [0.29, 0.717) is 0 Å². The number of phosphoric ester groups is 1. The molecule has 12 nitrogen and oxygen atoms in total. The highest BCUT2D eigenvalue weighted by atomic mass is 31.2. The van der Waals surface area contributed by atoms with Crippen LogP contribution in [0.1, 0.15) is 10.4 Å². The lowest BCUT2D eigenvalue weighted by molar-refractivity contribution is -0.302. The van der Waals surface area contributed by atoms with Crippen LogP contribution in [0.15, 0.2) is 30.3 Å². The first kappa shape index (κ1) is 24.8. The molecule has 0 radical (unpaired) electrons. The molecular formula is C17H26NO11P. The van der Waals surface area contributed by atoms with E-state index in [1.54, 1.807) is 18.2 Å². The third kappa shape index (κ3) is 6.28. The van der Waals surface area contributed by atoms with Gasteiger partial charge in [-0.05, 0) is 12.1 Å². The van der Waals surface area contributed by atoms with Crippen molar-refractivity contribution in [1.29, 1.82) is 0 Å². The molecule has 1 aliphatic heterocycles. The predicted octanol–water partition coefficient (Wildman–Crippen LogP) is -1.24. The summed E-state index contributed by atoms with van der Waals surface area (Å²) in [5.74, 6) is -0.822. The van der Waals surface area contributed by atoms with Crippen molar-refractivity contribution in [2.45, 2.75) is 36.8 Å². The van der Waals surface area contributed by atoms with Crippen molar-refractivity contribution in [3.05, 3.63) is 35.9 Å². The number of esters is 1. The summed E-state index contributed by atoms with van der Waals surface area (Å²) in [6.07, 6.45) is -9.51. The minimum atomic E-state index is -4.74. The molecule has 0 aromatic heterocycles. The summed E-state index contributed by atoms with van der Waals surface area (Å²) in [7, 11) is -3.54. The molecule has 1 saturated heterocycles. The first-order valence-corrected chi connectivity index (χ1v) is 10.5. The highest BCUT2D eigenvalue weighted by Crippen LogP contribution is 2.47. The van der Waals surface area contributed by atoms with Crippen LogP contribution < -0.4 is 5.73 Å². The summed E-state index contributed by atoms with van der Waals surface area (Å²) >= 11 is 0. The zero-order valence-corrected chi connectivity index (χ0v) is 17.0. The molecule has 1 fully saturated rings. The largest absolute Gasteiger partial charge is 0.472 e. The van der Waals surface area contributed by atoms with E-state index in [0.717, 1.165) is 0 Å². The highest BCUT2D eigenvalue weighted by molar-refractivity contribution is 7.47. The molecule has 1 aromatic rings. The summed E-state index contributed by atoms with van der Waals surface area (Å²) in [4.78, 5) is 22.3. The number of benzene rings is 1. The van der Waals surface area contributed by atoms with E-state index in [-0.39, 0.29) is 18.7 Å².